The van der Waals surface area contributed by atoms with E-state index in [4.69, 9.17) is 4.74 Å². The molecule has 0 N–H and O–H groups in total. The first-order valence-corrected chi connectivity index (χ1v) is 5.82. The Kier molecular flexibility index (Phi) is 4.13. The van der Waals surface area contributed by atoms with E-state index in [9.17, 15) is 19.3 Å². The Morgan fingerprint density at radius 1 is 1.19 bits per heavy atom. The van der Waals surface area contributed by atoms with Crippen LogP contribution < -0.4 is 4.74 Å². The number of ether oxygens (including phenoxy) is 2. The molecular weight excluding hydrogens is 281 g/mol. The Morgan fingerprint density at radius 3 is 2.52 bits per heavy atom. The molecule has 0 bridgehead atoms. The molecule has 108 valence electrons. The second kappa shape index (κ2) is 6.00. The van der Waals surface area contributed by atoms with Crippen molar-refractivity contribution in [3.8, 4) is 11.5 Å². The van der Waals surface area contributed by atoms with Gasteiger partial charge in [-0.05, 0) is 18.2 Å². The van der Waals surface area contributed by atoms with E-state index in [0.29, 0.717) is 0 Å². The Labute approximate surface area is 118 Å². The lowest BCUT2D eigenvalue weighted by Crippen LogP contribution is -2.03. The number of hydrogen-bond donors (Lipinski definition) is 0. The fourth-order valence-corrected chi connectivity index (χ4v) is 1.64. The third-order valence-corrected chi connectivity index (χ3v) is 2.63. The molecule has 0 aliphatic rings. The van der Waals surface area contributed by atoms with E-state index in [1.54, 1.807) is 0 Å². The van der Waals surface area contributed by atoms with Crippen LogP contribution in [0.5, 0.6) is 11.5 Å². The maximum absolute atomic E-state index is 13.5. The van der Waals surface area contributed by atoms with Crippen molar-refractivity contribution >= 4 is 11.7 Å². The Bertz CT molecular complexity index is 702. The van der Waals surface area contributed by atoms with Crippen LogP contribution in [0.15, 0.2) is 42.5 Å². The minimum atomic E-state index is -0.683. The molecule has 0 aliphatic carbocycles. The second-order valence-electron chi connectivity index (χ2n) is 3.96. The maximum Gasteiger partial charge on any atom is 0.337 e. The van der Waals surface area contributed by atoms with Crippen molar-refractivity contribution in [3.63, 3.8) is 0 Å². The second-order valence-corrected chi connectivity index (χ2v) is 3.96. The molecule has 0 saturated heterocycles. The van der Waals surface area contributed by atoms with Crippen LogP contribution in [0.1, 0.15) is 10.4 Å². The number of halogens is 1. The van der Waals surface area contributed by atoms with Crippen molar-refractivity contribution in [1.82, 2.24) is 0 Å². The van der Waals surface area contributed by atoms with Crippen molar-refractivity contribution in [2.75, 3.05) is 7.11 Å². The number of carbonyl (C=O) groups is 1. The van der Waals surface area contributed by atoms with Crippen LogP contribution in [0.2, 0.25) is 0 Å². The molecule has 0 atom stereocenters. The number of carbonyl (C=O) groups excluding carboxylic acids is 1. The topological polar surface area (TPSA) is 78.7 Å². The van der Waals surface area contributed by atoms with Crippen LogP contribution in [0.25, 0.3) is 0 Å². The lowest BCUT2D eigenvalue weighted by Gasteiger charge is -2.08. The van der Waals surface area contributed by atoms with Gasteiger partial charge in [0.1, 0.15) is 0 Å². The summed E-state index contributed by atoms with van der Waals surface area (Å²) in [5, 5.41) is 11.0. The molecule has 2 aromatic rings. The standard InChI is InChI=1S/C14H10FNO5/c1-20-14(17)9-6-7-11(16(18)19)13(8-9)21-12-5-3-2-4-10(12)15/h2-8H,1H3. The summed E-state index contributed by atoms with van der Waals surface area (Å²) in [4.78, 5) is 21.7. The molecule has 2 aromatic carbocycles. The fraction of sp³-hybridized carbons (Fsp3) is 0.0714. The monoisotopic (exact) mass is 291 g/mol. The summed E-state index contributed by atoms with van der Waals surface area (Å²) in [5.74, 6) is -1.77. The zero-order valence-electron chi connectivity index (χ0n) is 10.9. The van der Waals surface area contributed by atoms with E-state index >= 15 is 0 Å². The third kappa shape index (κ3) is 3.14. The minimum Gasteiger partial charge on any atom is -0.465 e. The maximum atomic E-state index is 13.5. The molecule has 0 aromatic heterocycles. The number of nitrogens with zero attached hydrogens (tertiary/aromatic N) is 1. The van der Waals surface area contributed by atoms with Gasteiger partial charge in [-0.3, -0.25) is 10.1 Å². The van der Waals surface area contributed by atoms with Gasteiger partial charge in [0.05, 0.1) is 17.6 Å². The largest absolute Gasteiger partial charge is 0.465 e. The van der Waals surface area contributed by atoms with Gasteiger partial charge in [0.15, 0.2) is 11.6 Å². The van der Waals surface area contributed by atoms with Crippen LogP contribution in [-0.4, -0.2) is 18.0 Å². The van der Waals surface area contributed by atoms with Gasteiger partial charge in [-0.15, -0.1) is 0 Å². The number of nitro benzene ring substituents is 1. The highest BCUT2D eigenvalue weighted by Crippen LogP contribution is 2.33. The molecule has 21 heavy (non-hydrogen) atoms. The smallest absolute Gasteiger partial charge is 0.337 e. The van der Waals surface area contributed by atoms with Gasteiger partial charge < -0.3 is 9.47 Å². The summed E-state index contributed by atoms with van der Waals surface area (Å²) in [5.41, 5.74) is -0.319. The average Bonchev–Trinajstić information content (AvgIpc) is 2.48. The lowest BCUT2D eigenvalue weighted by molar-refractivity contribution is -0.385. The summed E-state index contributed by atoms with van der Waals surface area (Å²) in [6.45, 7) is 0. The van der Waals surface area contributed by atoms with Crippen LogP contribution in [0.4, 0.5) is 10.1 Å². The van der Waals surface area contributed by atoms with Crippen LogP contribution in [0.3, 0.4) is 0 Å². The highest BCUT2D eigenvalue weighted by molar-refractivity contribution is 5.90. The number of methoxy groups -OCH3 is 1. The summed E-state index contributed by atoms with van der Waals surface area (Å²) < 4.78 is 23.3. The van der Waals surface area contributed by atoms with Gasteiger partial charge in [0.2, 0.25) is 5.75 Å². The molecule has 7 heteroatoms. The van der Waals surface area contributed by atoms with E-state index in [1.807, 2.05) is 0 Å². The van der Waals surface area contributed by atoms with Gasteiger partial charge in [-0.25, -0.2) is 9.18 Å². The predicted octanol–water partition coefficient (Wildman–Crippen LogP) is 3.31. The Balaban J connectivity index is 2.46. The van der Waals surface area contributed by atoms with E-state index in [0.717, 1.165) is 18.2 Å². The number of para-hydroxylation sites is 1. The quantitative estimate of drug-likeness (QED) is 0.490. The highest BCUT2D eigenvalue weighted by Gasteiger charge is 2.20. The molecule has 2 rings (SSSR count). The highest BCUT2D eigenvalue weighted by atomic mass is 19.1. The number of nitro groups is 1. The van der Waals surface area contributed by atoms with Gasteiger partial charge >= 0.3 is 11.7 Å². The predicted molar refractivity (Wildman–Crippen MR) is 70.9 cm³/mol. The van der Waals surface area contributed by atoms with E-state index in [2.05, 4.69) is 4.74 Å². The molecule has 6 nitrogen and oxygen atoms in total. The van der Waals surface area contributed by atoms with Crippen molar-refractivity contribution in [1.29, 1.82) is 0 Å². The first-order valence-electron chi connectivity index (χ1n) is 5.82. The summed E-state index contributed by atoms with van der Waals surface area (Å²) in [6, 6.07) is 8.93. The number of rotatable bonds is 4. The molecule has 0 unspecified atom stereocenters. The first-order chi connectivity index (χ1) is 10.0. The van der Waals surface area contributed by atoms with Crippen molar-refractivity contribution < 1.29 is 23.6 Å². The molecule has 0 amide bonds. The summed E-state index contributed by atoms with van der Waals surface area (Å²) >= 11 is 0. The van der Waals surface area contributed by atoms with Crippen molar-refractivity contribution in [3.05, 3.63) is 64.0 Å². The average molecular weight is 291 g/mol. The van der Waals surface area contributed by atoms with Gasteiger partial charge in [0.25, 0.3) is 0 Å². The number of benzene rings is 2. The molecule has 0 fully saturated rings. The normalized spacial score (nSPS) is 10.0. The summed E-state index contributed by atoms with van der Waals surface area (Å²) in [6.07, 6.45) is 0. The SMILES string of the molecule is COC(=O)c1ccc([N+](=O)[O-])c(Oc2ccccc2F)c1. The van der Waals surface area contributed by atoms with Crippen molar-refractivity contribution in [2.45, 2.75) is 0 Å². The first kappa shape index (κ1) is 14.4. The molecule has 0 spiro atoms. The van der Waals surface area contributed by atoms with Gasteiger partial charge in [-0.1, -0.05) is 12.1 Å². The molecule has 0 radical (unpaired) electrons. The number of hydrogen-bond acceptors (Lipinski definition) is 5. The zero-order chi connectivity index (χ0) is 15.4. The molecule has 0 aliphatic heterocycles. The summed E-state index contributed by atoms with van der Waals surface area (Å²) in [7, 11) is 1.18. The van der Waals surface area contributed by atoms with Crippen LogP contribution in [0, 0.1) is 15.9 Å². The number of esters is 1. The van der Waals surface area contributed by atoms with Crippen LogP contribution >= 0.6 is 0 Å². The zero-order valence-corrected chi connectivity index (χ0v) is 10.9. The third-order valence-electron chi connectivity index (χ3n) is 2.63. The van der Waals surface area contributed by atoms with E-state index in [-0.39, 0.29) is 22.7 Å². The van der Waals surface area contributed by atoms with Crippen molar-refractivity contribution in [2.24, 2.45) is 0 Å². The van der Waals surface area contributed by atoms with E-state index in [1.165, 1.54) is 31.4 Å². The van der Waals surface area contributed by atoms with E-state index < -0.39 is 16.7 Å². The Hall–Kier alpha value is -2.96. The van der Waals surface area contributed by atoms with Crippen LogP contribution in [-0.2, 0) is 4.74 Å². The molecular formula is C14H10FNO5. The van der Waals surface area contributed by atoms with Gasteiger partial charge in [-0.2, -0.15) is 0 Å². The lowest BCUT2D eigenvalue weighted by atomic mass is 10.2. The molecule has 0 heterocycles. The Morgan fingerprint density at radius 2 is 1.90 bits per heavy atom. The van der Waals surface area contributed by atoms with Gasteiger partial charge in [0, 0.05) is 12.1 Å². The minimum absolute atomic E-state index is 0.0643. The molecule has 0 saturated carbocycles. The fourth-order valence-electron chi connectivity index (χ4n) is 1.64.